The number of phenolic OH excluding ortho intramolecular Hbond substituents is 2. The van der Waals surface area contributed by atoms with Crippen molar-refractivity contribution in [2.75, 3.05) is 0 Å². The fourth-order valence-electron chi connectivity index (χ4n) is 5.26. The molecule has 0 aromatic heterocycles. The van der Waals surface area contributed by atoms with Gasteiger partial charge in [0.05, 0.1) is 11.1 Å². The number of aromatic hydroxyl groups is 2. The summed E-state index contributed by atoms with van der Waals surface area (Å²) in [4.78, 5) is 54.2. The quantitative estimate of drug-likeness (QED) is 0.274. The molecule has 206 valence electrons. The molecule has 2 aliphatic rings. The van der Waals surface area contributed by atoms with Crippen LogP contribution in [0.2, 0.25) is 0 Å². The molecular weight excluding hydrogens is 516 g/mol. The Morgan fingerprint density at radius 3 is 1.68 bits per heavy atom. The minimum atomic E-state index is -1.78. The van der Waals surface area contributed by atoms with Crippen molar-refractivity contribution in [3.8, 4) is 23.0 Å². The molecule has 3 N–H and O–H groups in total. The van der Waals surface area contributed by atoms with Gasteiger partial charge in [-0.1, -0.05) is 41.5 Å². The van der Waals surface area contributed by atoms with Crippen molar-refractivity contribution in [2.24, 2.45) is 10.8 Å². The average molecular weight is 545 g/mol. The molecule has 0 unspecified atom stereocenters. The number of phenols is 2. The van der Waals surface area contributed by atoms with Crippen LogP contribution in [0.4, 0.5) is 0 Å². The maximum Gasteiger partial charge on any atom is 0.340 e. The summed E-state index contributed by atoms with van der Waals surface area (Å²) >= 11 is 0. The van der Waals surface area contributed by atoms with Gasteiger partial charge in [-0.3, -0.25) is 9.59 Å². The molecule has 0 saturated heterocycles. The zero-order valence-corrected chi connectivity index (χ0v) is 22.8. The molecule has 5 rings (SSSR count). The van der Waals surface area contributed by atoms with E-state index in [4.69, 9.17) is 9.47 Å². The molecule has 9 nitrogen and oxygen atoms in total. The monoisotopic (exact) mass is 544 g/mol. The summed E-state index contributed by atoms with van der Waals surface area (Å²) < 4.78 is 12.1. The summed E-state index contributed by atoms with van der Waals surface area (Å²) in [5, 5.41) is 30.7. The van der Waals surface area contributed by atoms with E-state index in [2.05, 4.69) is 0 Å². The number of fused-ring (bicyclic) bond motifs is 6. The lowest BCUT2D eigenvalue weighted by molar-refractivity contribution is 0.0223. The Kier molecular flexibility index (Phi) is 5.67. The Balaban J connectivity index is 2.01. The first-order valence-electron chi connectivity index (χ1n) is 12.6. The highest BCUT2D eigenvalue weighted by molar-refractivity contribution is 6.20. The second-order valence-corrected chi connectivity index (χ2v) is 12.1. The van der Waals surface area contributed by atoms with Gasteiger partial charge in [-0.05, 0) is 30.3 Å². The zero-order chi connectivity index (χ0) is 29.5. The molecule has 3 aromatic carbocycles. The maximum atomic E-state index is 13.9. The van der Waals surface area contributed by atoms with Crippen LogP contribution in [-0.2, 0) is 10.3 Å². The van der Waals surface area contributed by atoms with Gasteiger partial charge < -0.3 is 24.8 Å². The topological polar surface area (TPSA) is 147 Å². The first kappa shape index (κ1) is 26.9. The van der Waals surface area contributed by atoms with E-state index in [1.54, 1.807) is 41.5 Å². The SMILES string of the molecule is CC(C)(C)C(=O)c1cc2c(c(C(=O)C(C)(C)C)c1C(=O)O)C(=O)OC21c2ccc(O)cc2Oc2cc(O)ccc21. The number of benzene rings is 3. The molecule has 2 aliphatic heterocycles. The number of Topliss-reactive ketones (excluding diaryl/α,β-unsaturated/α-hetero) is 2. The van der Waals surface area contributed by atoms with Crippen LogP contribution in [0.15, 0.2) is 42.5 Å². The predicted octanol–water partition coefficient (Wildman–Crippen LogP) is 5.82. The molecule has 0 bridgehead atoms. The summed E-state index contributed by atoms with van der Waals surface area (Å²) in [6.45, 7) is 9.65. The third-order valence-corrected chi connectivity index (χ3v) is 7.11. The van der Waals surface area contributed by atoms with Gasteiger partial charge >= 0.3 is 11.9 Å². The van der Waals surface area contributed by atoms with Gasteiger partial charge in [-0.25, -0.2) is 9.59 Å². The summed E-state index contributed by atoms with van der Waals surface area (Å²) in [5.41, 5.74) is -4.77. The van der Waals surface area contributed by atoms with Gasteiger partial charge in [-0.15, -0.1) is 0 Å². The fourth-order valence-corrected chi connectivity index (χ4v) is 5.26. The Bertz CT molecular complexity index is 1610. The minimum Gasteiger partial charge on any atom is -0.508 e. The van der Waals surface area contributed by atoms with Crippen molar-refractivity contribution < 1.29 is 44.0 Å². The van der Waals surface area contributed by atoms with E-state index in [0.717, 1.165) is 0 Å². The Morgan fingerprint density at radius 1 is 0.725 bits per heavy atom. The molecule has 0 fully saturated rings. The second-order valence-electron chi connectivity index (χ2n) is 12.1. The lowest BCUT2D eigenvalue weighted by Crippen LogP contribution is -2.34. The molecule has 3 aromatic rings. The second kappa shape index (κ2) is 8.42. The third-order valence-electron chi connectivity index (χ3n) is 7.11. The standard InChI is InChI=1S/C31H28O9/c1-29(2,3)25(34)16-13-19-23(24(22(16)27(36)37)26(35)30(4,5)6)28(38)40-31(19)17-9-7-14(32)11-20(17)39-21-12-15(33)8-10-18(21)31/h7-13,32-33H,1-6H3,(H,36,37). The maximum absolute atomic E-state index is 13.9. The van der Waals surface area contributed by atoms with Crippen LogP contribution in [0.5, 0.6) is 23.0 Å². The van der Waals surface area contributed by atoms with E-state index in [1.165, 1.54) is 42.5 Å². The molecule has 40 heavy (non-hydrogen) atoms. The third kappa shape index (κ3) is 3.76. The zero-order valence-electron chi connectivity index (χ0n) is 22.8. The summed E-state index contributed by atoms with van der Waals surface area (Å²) in [5.74, 6) is -3.76. The number of carboxylic acids is 1. The van der Waals surface area contributed by atoms with Crippen molar-refractivity contribution in [3.63, 3.8) is 0 Å². The molecule has 0 saturated carbocycles. The first-order valence-corrected chi connectivity index (χ1v) is 12.6. The van der Waals surface area contributed by atoms with E-state index in [-0.39, 0.29) is 50.8 Å². The highest BCUT2D eigenvalue weighted by Gasteiger charge is 2.56. The molecule has 0 amide bonds. The summed E-state index contributed by atoms with van der Waals surface area (Å²) in [6.07, 6.45) is 0. The van der Waals surface area contributed by atoms with E-state index < -0.39 is 51.1 Å². The number of hydrogen-bond acceptors (Lipinski definition) is 8. The van der Waals surface area contributed by atoms with Crippen LogP contribution in [-0.4, -0.2) is 38.8 Å². The number of rotatable bonds is 3. The smallest absolute Gasteiger partial charge is 0.340 e. The van der Waals surface area contributed by atoms with Crippen LogP contribution in [0, 0.1) is 10.8 Å². The van der Waals surface area contributed by atoms with Gasteiger partial charge in [0, 0.05) is 50.8 Å². The number of carboxylic acid groups (broad SMARTS) is 1. The van der Waals surface area contributed by atoms with Crippen LogP contribution in [0.25, 0.3) is 0 Å². The van der Waals surface area contributed by atoms with Gasteiger partial charge in [-0.2, -0.15) is 0 Å². The average Bonchev–Trinajstić information content (AvgIpc) is 3.12. The van der Waals surface area contributed by atoms with Crippen LogP contribution < -0.4 is 4.74 Å². The molecule has 0 atom stereocenters. The first-order chi connectivity index (χ1) is 18.5. The van der Waals surface area contributed by atoms with Crippen molar-refractivity contribution >= 4 is 23.5 Å². The lowest BCUT2D eigenvalue weighted by atomic mass is 9.72. The molecular formula is C31H28O9. The van der Waals surface area contributed by atoms with E-state index >= 15 is 0 Å². The Morgan fingerprint density at radius 2 is 1.23 bits per heavy atom. The highest BCUT2D eigenvalue weighted by atomic mass is 16.6. The fraction of sp³-hybridized carbons (Fsp3) is 0.290. The minimum absolute atomic E-state index is 0.0879. The molecule has 0 aliphatic carbocycles. The van der Waals surface area contributed by atoms with Crippen molar-refractivity contribution in [1.29, 1.82) is 0 Å². The van der Waals surface area contributed by atoms with Crippen LogP contribution in [0.3, 0.4) is 0 Å². The van der Waals surface area contributed by atoms with Gasteiger partial charge in [0.25, 0.3) is 0 Å². The van der Waals surface area contributed by atoms with E-state index in [9.17, 15) is 34.5 Å². The van der Waals surface area contributed by atoms with Crippen molar-refractivity contribution in [3.05, 3.63) is 81.4 Å². The van der Waals surface area contributed by atoms with Gasteiger partial charge in [0.1, 0.15) is 23.0 Å². The molecule has 0 radical (unpaired) electrons. The summed E-state index contributed by atoms with van der Waals surface area (Å²) in [6, 6.07) is 9.66. The molecule has 9 heteroatoms. The lowest BCUT2D eigenvalue weighted by Gasteiger charge is -2.37. The predicted molar refractivity (Wildman–Crippen MR) is 143 cm³/mol. The van der Waals surface area contributed by atoms with E-state index in [0.29, 0.717) is 0 Å². The number of aromatic carboxylic acids is 1. The number of ether oxygens (including phenoxy) is 2. The van der Waals surface area contributed by atoms with Gasteiger partial charge in [0.2, 0.25) is 0 Å². The number of ketones is 2. The Labute approximate surface area is 230 Å². The highest BCUT2D eigenvalue weighted by Crippen LogP contribution is 2.58. The number of carbonyl (C=O) groups is 4. The van der Waals surface area contributed by atoms with Crippen molar-refractivity contribution in [1.82, 2.24) is 0 Å². The van der Waals surface area contributed by atoms with Crippen molar-refractivity contribution in [2.45, 2.75) is 47.1 Å². The number of hydrogen-bond donors (Lipinski definition) is 3. The summed E-state index contributed by atoms with van der Waals surface area (Å²) in [7, 11) is 0. The largest absolute Gasteiger partial charge is 0.508 e. The molecule has 1 spiro atoms. The van der Waals surface area contributed by atoms with Crippen LogP contribution >= 0.6 is 0 Å². The van der Waals surface area contributed by atoms with E-state index in [1.807, 2.05) is 0 Å². The number of esters is 1. The Hall–Kier alpha value is -4.66. The number of carbonyl (C=O) groups excluding carboxylic acids is 3. The molecule has 2 heterocycles. The normalized spacial score (nSPS) is 15.0. The van der Waals surface area contributed by atoms with Gasteiger partial charge in [0.15, 0.2) is 17.2 Å². The van der Waals surface area contributed by atoms with Crippen LogP contribution in [0.1, 0.15) is 99.7 Å².